The number of quaternary nitrogens is 2. The molecule has 0 aliphatic carbocycles. The van der Waals surface area contributed by atoms with Crippen LogP contribution in [0.25, 0.3) is 54.7 Å². The minimum Gasteiger partial charge on any atom is -0.595 e. The van der Waals surface area contributed by atoms with Crippen molar-refractivity contribution >= 4 is 77.7 Å². The van der Waals surface area contributed by atoms with Crippen LogP contribution in [0.2, 0.25) is 0 Å². The molecule has 0 spiro atoms. The predicted octanol–water partition coefficient (Wildman–Crippen LogP) is 7.05. The lowest BCUT2D eigenvalue weighted by Crippen LogP contribution is -2.99. The third-order valence-electron chi connectivity index (χ3n) is 8.52. The van der Waals surface area contributed by atoms with Gasteiger partial charge in [0.05, 0.1) is 33.4 Å². The smallest absolute Gasteiger partial charge is 0.165 e. The van der Waals surface area contributed by atoms with Crippen molar-refractivity contribution in [3.8, 4) is 11.1 Å². The van der Waals surface area contributed by atoms with Crippen LogP contribution in [-0.2, 0) is 0 Å². The minimum atomic E-state index is -1.01. The van der Waals surface area contributed by atoms with Gasteiger partial charge >= 0.3 is 0 Å². The van der Waals surface area contributed by atoms with Gasteiger partial charge in [-0.25, -0.2) is 20.4 Å². The molecule has 0 aliphatic heterocycles. The van der Waals surface area contributed by atoms with Crippen molar-refractivity contribution in [2.75, 3.05) is 10.6 Å². The van der Waals surface area contributed by atoms with E-state index in [4.69, 9.17) is 9.97 Å². The minimum absolute atomic E-state index is 0.173. The van der Waals surface area contributed by atoms with Gasteiger partial charge in [0.1, 0.15) is 0 Å². The van der Waals surface area contributed by atoms with Crippen LogP contribution in [-0.4, -0.2) is 20.4 Å². The molecule has 2 heterocycles. The van der Waals surface area contributed by atoms with Gasteiger partial charge in [-0.2, -0.15) is 10.5 Å². The highest BCUT2D eigenvalue weighted by Gasteiger charge is 2.17. The Kier molecular flexibility index (Phi) is 7.35. The van der Waals surface area contributed by atoms with Crippen LogP contribution < -0.4 is 21.1 Å². The van der Waals surface area contributed by atoms with Crippen LogP contribution in [0.1, 0.15) is 0 Å². The first-order valence-electron chi connectivity index (χ1n) is 15.3. The van der Waals surface area contributed by atoms with Gasteiger partial charge in [0.15, 0.2) is 11.4 Å². The molecule has 10 nitrogen and oxygen atoms in total. The third kappa shape index (κ3) is 5.22. The monoisotopic (exact) mass is 632 g/mol. The molecule has 10 heteroatoms. The Bertz CT molecular complexity index is 2330. The highest BCUT2D eigenvalue weighted by atomic mass is 16.8. The van der Waals surface area contributed by atoms with Crippen molar-refractivity contribution in [2.24, 2.45) is 0 Å². The molecule has 8 aromatic rings. The zero-order valence-corrected chi connectivity index (χ0v) is 25.3. The number of fused-ring (bicyclic) bond motifs is 4. The summed E-state index contributed by atoms with van der Waals surface area (Å²) in [4.78, 5) is 9.56. The molecule has 0 fully saturated rings. The molecule has 0 amide bonds. The second-order valence-corrected chi connectivity index (χ2v) is 11.4. The second kappa shape index (κ2) is 12.0. The topological polar surface area (TPSA) is 145 Å². The van der Waals surface area contributed by atoms with Gasteiger partial charge < -0.3 is 21.0 Å². The Morgan fingerprint density at radius 1 is 0.438 bits per heavy atom. The molecule has 6 N–H and O–H groups in total. The van der Waals surface area contributed by atoms with Gasteiger partial charge in [-0.05, 0) is 36.4 Å². The van der Waals surface area contributed by atoms with Gasteiger partial charge in [0.25, 0.3) is 0 Å². The quantitative estimate of drug-likeness (QED) is 0.0810. The van der Waals surface area contributed by atoms with E-state index < -0.39 is 10.5 Å². The van der Waals surface area contributed by atoms with Crippen LogP contribution in [0.15, 0.2) is 133 Å². The maximum atomic E-state index is 11.8. The van der Waals surface area contributed by atoms with E-state index in [1.165, 1.54) is 0 Å². The van der Waals surface area contributed by atoms with E-state index in [0.717, 1.165) is 66.5 Å². The summed E-state index contributed by atoms with van der Waals surface area (Å²) in [6, 6.07) is 41.6. The molecule has 0 aliphatic rings. The summed E-state index contributed by atoms with van der Waals surface area (Å²) in [6.45, 7) is 0. The Morgan fingerprint density at radius 3 is 1.25 bits per heavy atom. The van der Waals surface area contributed by atoms with Crippen LogP contribution in [0.4, 0.5) is 34.1 Å². The molecular weight excluding hydrogens is 604 g/mol. The van der Waals surface area contributed by atoms with Gasteiger partial charge in [-0.15, -0.1) is 0 Å². The molecule has 8 rings (SSSR count). The fraction of sp³-hybridized carbons (Fsp3) is 0. The third-order valence-corrected chi connectivity index (χ3v) is 8.52. The molecule has 234 valence electrons. The molecule has 0 bridgehead atoms. The Morgan fingerprint density at radius 2 is 0.812 bits per heavy atom. The molecule has 2 unspecified atom stereocenters. The van der Waals surface area contributed by atoms with Crippen LogP contribution >= 0.6 is 0 Å². The fourth-order valence-corrected chi connectivity index (χ4v) is 6.24. The number of anilines is 4. The van der Waals surface area contributed by atoms with Crippen LogP contribution in [0, 0.1) is 10.4 Å². The van der Waals surface area contributed by atoms with E-state index >= 15 is 0 Å². The molecule has 0 saturated carbocycles. The summed E-state index contributed by atoms with van der Waals surface area (Å²) >= 11 is 0. The van der Waals surface area contributed by atoms with E-state index in [9.17, 15) is 20.8 Å². The lowest BCUT2D eigenvalue weighted by Gasteiger charge is -2.20. The van der Waals surface area contributed by atoms with Crippen molar-refractivity contribution in [3.63, 3.8) is 0 Å². The summed E-state index contributed by atoms with van der Waals surface area (Å²) in [7, 11) is 0. The van der Waals surface area contributed by atoms with Crippen molar-refractivity contribution < 1.29 is 20.9 Å². The molecule has 2 aromatic heterocycles. The summed E-state index contributed by atoms with van der Waals surface area (Å²) < 4.78 is 0. The van der Waals surface area contributed by atoms with Crippen molar-refractivity contribution in [2.45, 2.75) is 0 Å². The number of pyridine rings is 2. The highest BCUT2D eigenvalue weighted by Crippen LogP contribution is 2.41. The average Bonchev–Trinajstić information content (AvgIpc) is 3.11. The SMILES string of the molecule is [O-][NH+](O)c1ccc2c(Nc3ccccc3-c3ccccc3Nc3c4ccccc4nc4cc([NH+]([O-])O)ccc34)c3ccccc3nc2c1. The van der Waals surface area contributed by atoms with Gasteiger partial charge in [0.2, 0.25) is 0 Å². The van der Waals surface area contributed by atoms with E-state index in [1.807, 2.05) is 84.9 Å². The van der Waals surface area contributed by atoms with Crippen LogP contribution in [0.5, 0.6) is 0 Å². The number of hydrogen-bond donors (Lipinski definition) is 6. The number of rotatable bonds is 7. The molecule has 48 heavy (non-hydrogen) atoms. The molecule has 6 aromatic carbocycles. The van der Waals surface area contributed by atoms with Crippen molar-refractivity contribution in [1.82, 2.24) is 9.97 Å². The number of aromatic nitrogens is 2. The maximum Gasteiger partial charge on any atom is 0.165 e. The summed E-state index contributed by atoms with van der Waals surface area (Å²) in [5.41, 5.74) is 8.23. The van der Waals surface area contributed by atoms with Crippen molar-refractivity contribution in [3.05, 3.63) is 144 Å². The number of nitrogens with one attached hydrogen (secondary N) is 4. The lowest BCUT2D eigenvalue weighted by atomic mass is 9.99. The van der Waals surface area contributed by atoms with Crippen molar-refractivity contribution in [1.29, 1.82) is 0 Å². The zero-order chi connectivity index (χ0) is 32.8. The first-order chi connectivity index (χ1) is 23.4. The average molecular weight is 633 g/mol. The van der Waals surface area contributed by atoms with Gasteiger partial charge in [-0.1, -0.05) is 72.8 Å². The van der Waals surface area contributed by atoms with Gasteiger partial charge in [-0.3, -0.25) is 0 Å². The summed E-state index contributed by atoms with van der Waals surface area (Å²) in [6.07, 6.45) is 0. The Hall–Kier alpha value is -5.98. The largest absolute Gasteiger partial charge is 0.595 e. The number of nitrogens with zero attached hydrogens (tertiary/aromatic N) is 2. The normalized spacial score (nSPS) is 12.8. The molecule has 0 radical (unpaired) electrons. The van der Waals surface area contributed by atoms with E-state index in [0.29, 0.717) is 11.0 Å². The molecule has 0 saturated heterocycles. The number of hydrogen-bond acceptors (Lipinski definition) is 8. The second-order valence-electron chi connectivity index (χ2n) is 11.4. The van der Waals surface area contributed by atoms with Gasteiger partial charge in [0, 0.05) is 68.3 Å². The van der Waals surface area contributed by atoms with E-state index in [2.05, 4.69) is 22.8 Å². The fourth-order valence-electron chi connectivity index (χ4n) is 6.24. The van der Waals surface area contributed by atoms with E-state index in [-0.39, 0.29) is 11.4 Å². The Labute approximate surface area is 273 Å². The predicted molar refractivity (Wildman–Crippen MR) is 188 cm³/mol. The highest BCUT2D eigenvalue weighted by molar-refractivity contribution is 6.11. The Balaban J connectivity index is 1.27. The lowest BCUT2D eigenvalue weighted by molar-refractivity contribution is -0.991. The standard InChI is InChI=1S/C38H28N6O4/c45-43(46)23-17-19-29-35(21-23)39-33-15-7-3-11-27(33)37(29)41-31-13-5-1-9-25(31)26-10-2-6-14-32(26)42-38-28-12-4-8-16-34(28)40-36-22-24(44(47)48)18-20-30(36)38/h1-22,43-45,47H,(H,39,41)(H,40,42). The summed E-state index contributed by atoms with van der Waals surface area (Å²) in [5.74, 6) is 0. The summed E-state index contributed by atoms with van der Waals surface area (Å²) in [5, 5.41) is 51.6. The molecular formula is C38H28N6O4. The zero-order valence-electron chi connectivity index (χ0n) is 25.3. The van der Waals surface area contributed by atoms with E-state index in [1.54, 1.807) is 36.4 Å². The van der Waals surface area contributed by atoms with Crippen LogP contribution in [0.3, 0.4) is 0 Å². The number of benzene rings is 6. The maximum absolute atomic E-state index is 11.8. The number of para-hydroxylation sites is 4. The first-order valence-corrected chi connectivity index (χ1v) is 15.3. The first kappa shape index (κ1) is 29.4. The molecule has 2 atom stereocenters.